The molecule has 1 aromatic carbocycles. The van der Waals surface area contributed by atoms with Gasteiger partial charge >= 0.3 is 0 Å². The van der Waals surface area contributed by atoms with Crippen molar-refractivity contribution < 1.29 is 0 Å². The maximum Gasteiger partial charge on any atom is 0.0472 e. The summed E-state index contributed by atoms with van der Waals surface area (Å²) < 4.78 is 0. The largest absolute Gasteiger partial charge is 0.361 e. The minimum atomic E-state index is 0.426. The zero-order valence-electron chi connectivity index (χ0n) is 11.6. The SMILES string of the molecule is CC1(C)CCCC1NCc1c[nH]c2cc(Cl)ccc12. The Labute approximate surface area is 119 Å². The molecule has 1 aliphatic carbocycles. The molecule has 1 aliphatic rings. The fraction of sp³-hybridized carbons (Fsp3) is 0.500. The number of aromatic nitrogens is 1. The highest BCUT2D eigenvalue weighted by molar-refractivity contribution is 6.31. The van der Waals surface area contributed by atoms with E-state index in [1.165, 1.54) is 30.2 Å². The van der Waals surface area contributed by atoms with Gasteiger partial charge in [0.15, 0.2) is 0 Å². The highest BCUT2D eigenvalue weighted by Crippen LogP contribution is 2.37. The lowest BCUT2D eigenvalue weighted by molar-refractivity contribution is 0.283. The molecule has 3 rings (SSSR count). The van der Waals surface area contributed by atoms with Gasteiger partial charge in [-0.3, -0.25) is 0 Å². The molecule has 1 aromatic heterocycles. The summed E-state index contributed by atoms with van der Waals surface area (Å²) in [5.74, 6) is 0. The molecule has 1 fully saturated rings. The highest BCUT2D eigenvalue weighted by atomic mass is 35.5. The van der Waals surface area contributed by atoms with Crippen molar-refractivity contribution in [1.82, 2.24) is 10.3 Å². The first-order valence-electron chi connectivity index (χ1n) is 7.05. The third-order valence-electron chi connectivity index (χ3n) is 4.53. The minimum absolute atomic E-state index is 0.426. The molecule has 1 heterocycles. The molecule has 1 saturated carbocycles. The lowest BCUT2D eigenvalue weighted by Crippen LogP contribution is -2.37. The Hall–Kier alpha value is -0.990. The van der Waals surface area contributed by atoms with Crippen LogP contribution in [-0.2, 0) is 6.54 Å². The van der Waals surface area contributed by atoms with Gasteiger partial charge < -0.3 is 10.3 Å². The van der Waals surface area contributed by atoms with Crippen molar-refractivity contribution in [3.8, 4) is 0 Å². The van der Waals surface area contributed by atoms with Gasteiger partial charge in [-0.25, -0.2) is 0 Å². The Morgan fingerprint density at radius 1 is 1.42 bits per heavy atom. The first-order chi connectivity index (χ1) is 9.06. The van der Waals surface area contributed by atoms with Crippen molar-refractivity contribution in [2.75, 3.05) is 0 Å². The Morgan fingerprint density at radius 2 is 2.26 bits per heavy atom. The van der Waals surface area contributed by atoms with Crippen LogP contribution in [0.4, 0.5) is 0 Å². The van der Waals surface area contributed by atoms with Gasteiger partial charge in [-0.1, -0.05) is 37.9 Å². The van der Waals surface area contributed by atoms with E-state index in [1.807, 2.05) is 12.1 Å². The number of hydrogen-bond donors (Lipinski definition) is 2. The highest BCUT2D eigenvalue weighted by Gasteiger charge is 2.33. The molecule has 0 bridgehead atoms. The predicted molar refractivity (Wildman–Crippen MR) is 81.6 cm³/mol. The van der Waals surface area contributed by atoms with Gasteiger partial charge in [-0.2, -0.15) is 0 Å². The fourth-order valence-corrected chi connectivity index (χ4v) is 3.42. The van der Waals surface area contributed by atoms with Gasteiger partial charge in [0.2, 0.25) is 0 Å². The van der Waals surface area contributed by atoms with Gasteiger partial charge in [-0.05, 0) is 36.0 Å². The smallest absolute Gasteiger partial charge is 0.0472 e. The van der Waals surface area contributed by atoms with E-state index in [0.29, 0.717) is 11.5 Å². The number of fused-ring (bicyclic) bond motifs is 1. The molecule has 0 radical (unpaired) electrons. The maximum absolute atomic E-state index is 6.01. The standard InChI is InChI=1S/C16H21ClN2/c1-16(2)7-3-4-15(16)19-10-11-9-18-14-8-12(17)5-6-13(11)14/h5-6,8-9,15,18-19H,3-4,7,10H2,1-2H3. The first-order valence-corrected chi connectivity index (χ1v) is 7.43. The summed E-state index contributed by atoms with van der Waals surface area (Å²) in [6, 6.07) is 6.68. The second kappa shape index (κ2) is 4.84. The summed E-state index contributed by atoms with van der Waals surface area (Å²) in [7, 11) is 0. The van der Waals surface area contributed by atoms with E-state index in [0.717, 1.165) is 17.1 Å². The van der Waals surface area contributed by atoms with Crippen molar-refractivity contribution in [1.29, 1.82) is 0 Å². The normalized spacial score (nSPS) is 22.2. The molecular weight excluding hydrogens is 256 g/mol. The van der Waals surface area contributed by atoms with Crippen LogP contribution >= 0.6 is 11.6 Å². The monoisotopic (exact) mass is 276 g/mol. The Morgan fingerprint density at radius 3 is 3.00 bits per heavy atom. The van der Waals surface area contributed by atoms with E-state index in [-0.39, 0.29) is 0 Å². The number of aromatic amines is 1. The summed E-state index contributed by atoms with van der Waals surface area (Å²) >= 11 is 6.01. The number of halogens is 1. The number of benzene rings is 1. The molecule has 0 amide bonds. The Bertz CT molecular complexity index is 585. The van der Waals surface area contributed by atoms with Crippen LogP contribution in [-0.4, -0.2) is 11.0 Å². The third-order valence-corrected chi connectivity index (χ3v) is 4.76. The summed E-state index contributed by atoms with van der Waals surface area (Å²) in [5.41, 5.74) is 2.87. The Kier molecular flexibility index (Phi) is 3.32. The number of hydrogen-bond acceptors (Lipinski definition) is 1. The lowest BCUT2D eigenvalue weighted by atomic mass is 9.87. The summed E-state index contributed by atoms with van der Waals surface area (Å²) in [4.78, 5) is 3.30. The molecule has 2 nitrogen and oxygen atoms in total. The summed E-state index contributed by atoms with van der Waals surface area (Å²) in [6.45, 7) is 5.66. The van der Waals surface area contributed by atoms with Gasteiger partial charge in [0, 0.05) is 34.7 Å². The zero-order valence-corrected chi connectivity index (χ0v) is 12.3. The molecule has 2 aromatic rings. The maximum atomic E-state index is 6.01. The van der Waals surface area contributed by atoms with Crippen molar-refractivity contribution >= 4 is 22.5 Å². The number of rotatable bonds is 3. The molecule has 0 spiro atoms. The summed E-state index contributed by atoms with van der Waals surface area (Å²) in [5, 5.41) is 5.78. The lowest BCUT2D eigenvalue weighted by Gasteiger charge is -2.27. The van der Waals surface area contributed by atoms with Crippen LogP contribution in [0.1, 0.15) is 38.7 Å². The van der Waals surface area contributed by atoms with Gasteiger partial charge in [0.1, 0.15) is 0 Å². The summed E-state index contributed by atoms with van der Waals surface area (Å²) in [6.07, 6.45) is 6.06. The molecule has 0 saturated heterocycles. The van der Waals surface area contributed by atoms with Crippen LogP contribution in [0.2, 0.25) is 5.02 Å². The molecule has 1 unspecified atom stereocenters. The van der Waals surface area contributed by atoms with E-state index < -0.39 is 0 Å². The second-order valence-electron chi connectivity index (χ2n) is 6.32. The van der Waals surface area contributed by atoms with Crippen molar-refractivity contribution in [2.45, 2.75) is 45.7 Å². The topological polar surface area (TPSA) is 27.8 Å². The van der Waals surface area contributed by atoms with E-state index in [1.54, 1.807) is 0 Å². The number of H-pyrrole nitrogens is 1. The Balaban J connectivity index is 1.75. The van der Waals surface area contributed by atoms with Crippen LogP contribution in [0, 0.1) is 5.41 Å². The van der Waals surface area contributed by atoms with Crippen LogP contribution in [0.25, 0.3) is 10.9 Å². The molecule has 19 heavy (non-hydrogen) atoms. The van der Waals surface area contributed by atoms with Gasteiger partial charge in [-0.15, -0.1) is 0 Å². The molecular formula is C16H21ClN2. The van der Waals surface area contributed by atoms with E-state index in [4.69, 9.17) is 11.6 Å². The first kappa shape index (κ1) is 13.0. The van der Waals surface area contributed by atoms with Crippen LogP contribution in [0.5, 0.6) is 0 Å². The van der Waals surface area contributed by atoms with Crippen molar-refractivity contribution in [3.05, 3.63) is 35.0 Å². The zero-order chi connectivity index (χ0) is 13.5. The van der Waals surface area contributed by atoms with Gasteiger partial charge in [0.25, 0.3) is 0 Å². The average Bonchev–Trinajstić information content (AvgIpc) is 2.89. The van der Waals surface area contributed by atoms with E-state index in [2.05, 4.69) is 36.4 Å². The van der Waals surface area contributed by atoms with E-state index >= 15 is 0 Å². The van der Waals surface area contributed by atoms with E-state index in [9.17, 15) is 0 Å². The van der Waals surface area contributed by atoms with Crippen molar-refractivity contribution in [3.63, 3.8) is 0 Å². The van der Waals surface area contributed by atoms with Gasteiger partial charge in [0.05, 0.1) is 0 Å². The fourth-order valence-electron chi connectivity index (χ4n) is 3.24. The molecule has 0 aliphatic heterocycles. The van der Waals surface area contributed by atoms with Crippen LogP contribution in [0.3, 0.4) is 0 Å². The third kappa shape index (κ3) is 2.52. The van der Waals surface area contributed by atoms with Crippen LogP contribution < -0.4 is 5.32 Å². The van der Waals surface area contributed by atoms with Crippen LogP contribution in [0.15, 0.2) is 24.4 Å². The molecule has 102 valence electrons. The second-order valence-corrected chi connectivity index (χ2v) is 6.75. The molecule has 2 N–H and O–H groups in total. The minimum Gasteiger partial charge on any atom is -0.361 e. The quantitative estimate of drug-likeness (QED) is 0.849. The predicted octanol–water partition coefficient (Wildman–Crippen LogP) is 4.49. The molecule has 3 heteroatoms. The average molecular weight is 277 g/mol. The molecule has 1 atom stereocenters. The number of nitrogens with one attached hydrogen (secondary N) is 2. The van der Waals surface area contributed by atoms with Crippen molar-refractivity contribution in [2.24, 2.45) is 5.41 Å².